The topological polar surface area (TPSA) is 81.7 Å². The van der Waals surface area contributed by atoms with Crippen molar-refractivity contribution in [2.24, 2.45) is 5.92 Å². The highest BCUT2D eigenvalue weighted by Crippen LogP contribution is 2.53. The molecule has 7 rings (SSSR count). The molecule has 0 radical (unpaired) electrons. The van der Waals surface area contributed by atoms with Gasteiger partial charge in [0.15, 0.2) is 11.6 Å². The minimum absolute atomic E-state index is 0.0310. The van der Waals surface area contributed by atoms with E-state index in [4.69, 9.17) is 32.8 Å². The van der Waals surface area contributed by atoms with E-state index in [2.05, 4.69) is 88.4 Å². The van der Waals surface area contributed by atoms with Gasteiger partial charge in [-0.15, -0.1) is 0 Å². The Bertz CT molecular complexity index is 1550. The molecule has 4 fully saturated rings. The summed E-state index contributed by atoms with van der Waals surface area (Å²) in [7, 11) is -1.04. The lowest BCUT2D eigenvalue weighted by Gasteiger charge is -2.46. The lowest BCUT2D eigenvalue weighted by molar-refractivity contribution is -0.373. The number of carbonyl (C=O) groups is 1. The van der Waals surface area contributed by atoms with Crippen molar-refractivity contribution in [1.82, 2.24) is 0 Å². The number of hydrogen-bond donors (Lipinski definition) is 0. The van der Waals surface area contributed by atoms with Crippen molar-refractivity contribution >= 4 is 24.5 Å². The van der Waals surface area contributed by atoms with Gasteiger partial charge in [0.25, 0.3) is 8.32 Å². The van der Waals surface area contributed by atoms with Crippen LogP contribution in [-0.2, 0) is 39.5 Å². The van der Waals surface area contributed by atoms with Crippen molar-refractivity contribution in [1.29, 1.82) is 0 Å². The fourth-order valence-corrected chi connectivity index (χ4v) is 13.3. The van der Waals surface area contributed by atoms with Crippen LogP contribution in [0.1, 0.15) is 71.8 Å². The van der Waals surface area contributed by atoms with E-state index >= 15 is 0 Å². The van der Waals surface area contributed by atoms with E-state index in [0.717, 1.165) is 24.2 Å². The molecule has 0 amide bonds. The Morgan fingerprint density at radius 3 is 2.14 bits per heavy atom. The fraction of sp³-hybridized carbons (Fsp3) is 0.537. The lowest BCUT2D eigenvalue weighted by atomic mass is 9.86. The third kappa shape index (κ3) is 6.98. The summed E-state index contributed by atoms with van der Waals surface area (Å²) in [5, 5.41) is 2.40. The molecule has 3 aromatic carbocycles. The van der Waals surface area contributed by atoms with Crippen molar-refractivity contribution in [2.75, 3.05) is 20.3 Å². The van der Waals surface area contributed by atoms with Crippen LogP contribution in [0.4, 0.5) is 0 Å². The van der Waals surface area contributed by atoms with E-state index in [9.17, 15) is 4.79 Å². The highest BCUT2D eigenvalue weighted by atomic mass is 28.4. The molecular formula is C41H52O8Si. The molecule has 2 spiro atoms. The number of hydrogen-bond acceptors (Lipinski definition) is 8. The zero-order chi connectivity index (χ0) is 35.0. The Morgan fingerprint density at radius 2 is 1.50 bits per heavy atom. The van der Waals surface area contributed by atoms with E-state index < -0.39 is 19.9 Å². The third-order valence-electron chi connectivity index (χ3n) is 11.1. The molecule has 0 aliphatic carbocycles. The number of carbonyl (C=O) groups excluding carboxylic acids is 1. The molecule has 268 valence electrons. The van der Waals surface area contributed by atoms with Gasteiger partial charge < -0.3 is 32.8 Å². The standard InChI is InChI=1S/C41H52O8Si/c1-29-22-37-38(24-33(46-37)28-45-50(39(2,3)4,35-12-8-6-9-13-35)36-14-10-7-11-15-36)48-41(29)21-20-40(49-41)25-31(42)23-34(47-40)27-44-26-30-16-18-32(43-5)19-17-30/h6-19,29,33-34,37-38H,20-28H2,1-5H3/t29-,33-,34+,37-,38-,40-,41-/m1/s1. The van der Waals surface area contributed by atoms with Gasteiger partial charge in [-0.25, -0.2) is 0 Å². The number of ketones is 1. The van der Waals surface area contributed by atoms with E-state index in [1.807, 2.05) is 24.3 Å². The normalized spacial score (nSPS) is 31.3. The molecule has 0 bridgehead atoms. The number of methoxy groups -OCH3 is 1. The van der Waals surface area contributed by atoms with Crippen LogP contribution in [0, 0.1) is 5.92 Å². The van der Waals surface area contributed by atoms with Crippen LogP contribution < -0.4 is 15.1 Å². The Morgan fingerprint density at radius 1 is 0.820 bits per heavy atom. The molecule has 4 aliphatic rings. The average Bonchev–Trinajstić information content (AvgIpc) is 3.65. The monoisotopic (exact) mass is 700 g/mol. The van der Waals surface area contributed by atoms with Crippen LogP contribution in [0.5, 0.6) is 5.75 Å². The quantitative estimate of drug-likeness (QED) is 0.228. The van der Waals surface area contributed by atoms with Crippen molar-refractivity contribution in [3.63, 3.8) is 0 Å². The molecule has 7 atom stereocenters. The van der Waals surface area contributed by atoms with Crippen molar-refractivity contribution in [3.8, 4) is 5.75 Å². The predicted octanol–water partition coefficient (Wildman–Crippen LogP) is 6.32. The summed E-state index contributed by atoms with van der Waals surface area (Å²) in [6, 6.07) is 29.2. The Labute approximate surface area is 297 Å². The van der Waals surface area contributed by atoms with E-state index in [-0.39, 0.29) is 47.6 Å². The number of fused-ring (bicyclic) bond motifs is 1. The predicted molar refractivity (Wildman–Crippen MR) is 193 cm³/mol. The third-order valence-corrected chi connectivity index (χ3v) is 16.1. The molecule has 0 saturated carbocycles. The van der Waals surface area contributed by atoms with E-state index in [0.29, 0.717) is 39.1 Å². The maximum absolute atomic E-state index is 13.0. The van der Waals surface area contributed by atoms with Crippen LogP contribution in [-0.4, -0.2) is 70.4 Å². The van der Waals surface area contributed by atoms with Crippen LogP contribution in [0.2, 0.25) is 5.04 Å². The van der Waals surface area contributed by atoms with Gasteiger partial charge in [0, 0.05) is 31.6 Å². The Kier molecular flexibility index (Phi) is 10.1. The van der Waals surface area contributed by atoms with Crippen molar-refractivity contribution < 1.29 is 37.6 Å². The summed E-state index contributed by atoms with van der Waals surface area (Å²) in [5.41, 5.74) is 1.03. The van der Waals surface area contributed by atoms with Gasteiger partial charge in [-0.05, 0) is 39.5 Å². The minimum Gasteiger partial charge on any atom is -0.497 e. The summed E-state index contributed by atoms with van der Waals surface area (Å²) < 4.78 is 45.5. The molecule has 3 aromatic rings. The molecule has 4 aliphatic heterocycles. The highest BCUT2D eigenvalue weighted by molar-refractivity contribution is 6.99. The number of rotatable bonds is 10. The van der Waals surface area contributed by atoms with Crippen LogP contribution in [0.15, 0.2) is 84.9 Å². The van der Waals surface area contributed by atoms with Crippen LogP contribution >= 0.6 is 0 Å². The Balaban J connectivity index is 1.00. The lowest BCUT2D eigenvalue weighted by Crippen LogP contribution is -2.67. The maximum Gasteiger partial charge on any atom is 0.261 e. The molecule has 0 N–H and O–H groups in total. The summed E-state index contributed by atoms with van der Waals surface area (Å²) in [5.74, 6) is -0.791. The first-order valence-corrected chi connectivity index (χ1v) is 20.1. The first kappa shape index (κ1) is 35.5. The molecule has 0 unspecified atom stereocenters. The molecule has 9 heteroatoms. The van der Waals surface area contributed by atoms with Gasteiger partial charge in [-0.1, -0.05) is 100 Å². The summed E-state index contributed by atoms with van der Waals surface area (Å²) >= 11 is 0. The van der Waals surface area contributed by atoms with Gasteiger partial charge in [-0.2, -0.15) is 0 Å². The number of ether oxygens (including phenoxy) is 6. The maximum atomic E-state index is 13.0. The summed E-state index contributed by atoms with van der Waals surface area (Å²) in [4.78, 5) is 13.0. The SMILES string of the molecule is COc1ccc(COC[C@@H]2CC(=O)C[C@]3(CC[C@@]4(O[C@@H]5C[C@H](CO[Si](c6ccccc6)(c6ccccc6)C(C)(C)C)O[C@@H]5C[C@H]4C)O3)O2)cc1. The van der Waals surface area contributed by atoms with Gasteiger partial charge in [-0.3, -0.25) is 4.79 Å². The van der Waals surface area contributed by atoms with E-state index in [1.165, 1.54) is 10.4 Å². The zero-order valence-corrected chi connectivity index (χ0v) is 31.1. The summed E-state index contributed by atoms with van der Waals surface area (Å²) in [6.45, 7) is 10.3. The largest absolute Gasteiger partial charge is 0.497 e. The smallest absolute Gasteiger partial charge is 0.261 e. The summed E-state index contributed by atoms with van der Waals surface area (Å²) in [6.07, 6.45) is 2.78. The molecule has 0 aromatic heterocycles. The number of benzene rings is 3. The van der Waals surface area contributed by atoms with Crippen LogP contribution in [0.25, 0.3) is 0 Å². The molecule has 4 saturated heterocycles. The second-order valence-electron chi connectivity index (χ2n) is 15.6. The fourth-order valence-electron chi connectivity index (χ4n) is 8.68. The first-order chi connectivity index (χ1) is 24.0. The van der Waals surface area contributed by atoms with Gasteiger partial charge in [0.05, 0.1) is 57.8 Å². The van der Waals surface area contributed by atoms with Crippen molar-refractivity contribution in [2.45, 2.75) is 114 Å². The number of Topliss-reactive ketones (excluding diaryl/α,β-unsaturated/α-hetero) is 1. The minimum atomic E-state index is -2.69. The van der Waals surface area contributed by atoms with E-state index in [1.54, 1.807) is 7.11 Å². The van der Waals surface area contributed by atoms with Crippen LogP contribution in [0.3, 0.4) is 0 Å². The Hall–Kier alpha value is -2.89. The highest BCUT2D eigenvalue weighted by Gasteiger charge is 2.61. The second-order valence-corrected chi connectivity index (χ2v) is 20.0. The van der Waals surface area contributed by atoms with Crippen molar-refractivity contribution in [3.05, 3.63) is 90.5 Å². The molecule has 4 heterocycles. The molecular weight excluding hydrogens is 649 g/mol. The first-order valence-electron chi connectivity index (χ1n) is 18.2. The van der Waals surface area contributed by atoms with Gasteiger partial charge in [0.2, 0.25) is 0 Å². The molecule has 50 heavy (non-hydrogen) atoms. The van der Waals surface area contributed by atoms with Gasteiger partial charge >= 0.3 is 0 Å². The molecule has 8 nitrogen and oxygen atoms in total. The second kappa shape index (κ2) is 14.3. The average molecular weight is 701 g/mol. The zero-order valence-electron chi connectivity index (χ0n) is 30.1. The van der Waals surface area contributed by atoms with Gasteiger partial charge in [0.1, 0.15) is 11.5 Å².